The first-order chi connectivity index (χ1) is 11.8. The highest BCUT2D eigenvalue weighted by Crippen LogP contribution is 2.23. The number of carbonyl (C=O) groups is 4. The summed E-state index contributed by atoms with van der Waals surface area (Å²) in [5.41, 5.74) is 5.37. The van der Waals surface area contributed by atoms with E-state index in [1.54, 1.807) is 6.92 Å². The number of nitrogens with two attached hydrogens (primary N) is 1. The molecule has 2 fully saturated rings. The summed E-state index contributed by atoms with van der Waals surface area (Å²) in [4.78, 5) is 56.8. The van der Waals surface area contributed by atoms with E-state index in [1.165, 1.54) is 12.0 Å². The number of imide groups is 1. The summed E-state index contributed by atoms with van der Waals surface area (Å²) in [6.07, 6.45) is 1.78. The standard InChI is InChI=1S/C16H26N4O5/c1-4-11(15(23)18-7-5-6-12(18)14(17)22)20(25-3)16(24)19-9-10(2)8-13(19)21/h10-12H,4-9H2,1-3H3,(H2,17,22)/t10?,11?,12-/m0/s1. The Kier molecular flexibility index (Phi) is 5.99. The molecule has 0 saturated carbocycles. The van der Waals surface area contributed by atoms with E-state index in [0.717, 1.165) is 9.96 Å². The van der Waals surface area contributed by atoms with Gasteiger partial charge in [-0.25, -0.2) is 4.79 Å². The normalized spacial score (nSPS) is 24.5. The third-order valence-electron chi connectivity index (χ3n) is 4.75. The first-order valence-corrected chi connectivity index (χ1v) is 8.59. The minimum Gasteiger partial charge on any atom is -0.368 e. The van der Waals surface area contributed by atoms with Gasteiger partial charge in [-0.1, -0.05) is 13.8 Å². The van der Waals surface area contributed by atoms with Crippen molar-refractivity contribution in [3.8, 4) is 0 Å². The van der Waals surface area contributed by atoms with Crippen molar-refractivity contribution in [1.82, 2.24) is 14.9 Å². The highest BCUT2D eigenvalue weighted by atomic mass is 16.7. The molecule has 2 aliphatic rings. The summed E-state index contributed by atoms with van der Waals surface area (Å²) in [7, 11) is 1.29. The van der Waals surface area contributed by atoms with Gasteiger partial charge in [0.25, 0.3) is 0 Å². The van der Waals surface area contributed by atoms with Crippen LogP contribution in [0.25, 0.3) is 0 Å². The minimum absolute atomic E-state index is 0.0729. The Morgan fingerprint density at radius 3 is 2.56 bits per heavy atom. The molecule has 25 heavy (non-hydrogen) atoms. The average molecular weight is 354 g/mol. The van der Waals surface area contributed by atoms with Crippen molar-refractivity contribution in [2.75, 3.05) is 20.2 Å². The average Bonchev–Trinajstić information content (AvgIpc) is 3.17. The number of carbonyl (C=O) groups excluding carboxylic acids is 4. The lowest BCUT2D eigenvalue weighted by molar-refractivity contribution is -0.165. The van der Waals surface area contributed by atoms with Crippen LogP contribution in [0, 0.1) is 5.92 Å². The molecule has 5 amide bonds. The first-order valence-electron chi connectivity index (χ1n) is 8.59. The monoisotopic (exact) mass is 354 g/mol. The number of hydroxylamine groups is 2. The van der Waals surface area contributed by atoms with Crippen LogP contribution >= 0.6 is 0 Å². The van der Waals surface area contributed by atoms with Crippen molar-refractivity contribution in [3.05, 3.63) is 0 Å². The van der Waals surface area contributed by atoms with E-state index < -0.39 is 29.9 Å². The van der Waals surface area contributed by atoms with Crippen LogP contribution in [0.4, 0.5) is 4.79 Å². The van der Waals surface area contributed by atoms with Gasteiger partial charge in [0, 0.05) is 19.5 Å². The number of likely N-dealkylation sites (tertiary alicyclic amines) is 2. The molecule has 0 aromatic carbocycles. The van der Waals surface area contributed by atoms with Gasteiger partial charge in [-0.2, -0.15) is 5.06 Å². The molecule has 2 aliphatic heterocycles. The molecule has 2 N–H and O–H groups in total. The van der Waals surface area contributed by atoms with Gasteiger partial charge in [0.05, 0.1) is 7.11 Å². The molecule has 2 rings (SSSR count). The highest BCUT2D eigenvalue weighted by Gasteiger charge is 2.42. The largest absolute Gasteiger partial charge is 0.368 e. The van der Waals surface area contributed by atoms with Crippen LogP contribution in [0.3, 0.4) is 0 Å². The van der Waals surface area contributed by atoms with E-state index >= 15 is 0 Å². The quantitative estimate of drug-likeness (QED) is 0.703. The minimum atomic E-state index is -0.916. The lowest BCUT2D eigenvalue weighted by Crippen LogP contribution is -2.56. The van der Waals surface area contributed by atoms with Gasteiger partial charge < -0.3 is 10.6 Å². The van der Waals surface area contributed by atoms with Crippen LogP contribution in [0.5, 0.6) is 0 Å². The molecule has 0 aliphatic carbocycles. The highest BCUT2D eigenvalue weighted by molar-refractivity contribution is 5.98. The lowest BCUT2D eigenvalue weighted by atomic mass is 10.1. The SMILES string of the molecule is CCC(C(=O)N1CCC[C@H]1C(N)=O)N(OC)C(=O)N1CC(C)CC1=O. The van der Waals surface area contributed by atoms with Gasteiger partial charge in [-0.15, -0.1) is 0 Å². The predicted octanol–water partition coefficient (Wildman–Crippen LogP) is 0.0931. The molecular weight excluding hydrogens is 328 g/mol. The summed E-state index contributed by atoms with van der Waals surface area (Å²) < 4.78 is 0. The van der Waals surface area contributed by atoms with Crippen LogP contribution in [0.1, 0.15) is 39.5 Å². The van der Waals surface area contributed by atoms with Gasteiger partial charge >= 0.3 is 6.03 Å². The second-order valence-corrected chi connectivity index (χ2v) is 6.62. The first kappa shape index (κ1) is 19.2. The summed E-state index contributed by atoms with van der Waals surface area (Å²) in [6.45, 7) is 4.34. The van der Waals surface area contributed by atoms with E-state index in [-0.39, 0.29) is 18.2 Å². The number of primary amides is 1. The maximum Gasteiger partial charge on any atom is 0.351 e. The van der Waals surface area contributed by atoms with E-state index in [4.69, 9.17) is 10.6 Å². The van der Waals surface area contributed by atoms with Crippen molar-refractivity contribution in [1.29, 1.82) is 0 Å². The van der Waals surface area contributed by atoms with Gasteiger partial charge in [-0.05, 0) is 25.2 Å². The van der Waals surface area contributed by atoms with Crippen LogP contribution in [0.15, 0.2) is 0 Å². The lowest BCUT2D eigenvalue weighted by Gasteiger charge is -2.34. The van der Waals surface area contributed by atoms with Crippen molar-refractivity contribution in [2.24, 2.45) is 11.7 Å². The number of rotatable bonds is 5. The summed E-state index contributed by atoms with van der Waals surface area (Å²) >= 11 is 0. The molecule has 9 heteroatoms. The molecule has 2 saturated heterocycles. The Bertz CT molecular complexity index is 567. The van der Waals surface area contributed by atoms with Crippen molar-refractivity contribution in [2.45, 2.75) is 51.6 Å². The molecular formula is C16H26N4O5. The third-order valence-corrected chi connectivity index (χ3v) is 4.75. The zero-order valence-corrected chi connectivity index (χ0v) is 14.9. The van der Waals surface area contributed by atoms with E-state index in [2.05, 4.69) is 0 Å². The van der Waals surface area contributed by atoms with Crippen LogP contribution in [-0.2, 0) is 19.2 Å². The van der Waals surface area contributed by atoms with E-state index in [9.17, 15) is 19.2 Å². The molecule has 0 aromatic rings. The fourth-order valence-electron chi connectivity index (χ4n) is 3.49. The maximum atomic E-state index is 12.9. The van der Waals surface area contributed by atoms with Crippen molar-refractivity contribution < 1.29 is 24.0 Å². The Hall–Kier alpha value is -2.16. The molecule has 0 spiro atoms. The summed E-state index contributed by atoms with van der Waals surface area (Å²) in [5, 5.41) is 0.939. The molecule has 0 bridgehead atoms. The Labute approximate surface area is 147 Å². The number of hydrogen-bond acceptors (Lipinski definition) is 5. The number of hydrogen-bond donors (Lipinski definition) is 1. The van der Waals surface area contributed by atoms with Gasteiger partial charge in [0.2, 0.25) is 17.7 Å². The van der Waals surface area contributed by atoms with Crippen LogP contribution in [-0.4, -0.2) is 70.9 Å². The number of nitrogens with zero attached hydrogens (tertiary/aromatic N) is 3. The number of amides is 5. The number of urea groups is 1. The van der Waals surface area contributed by atoms with E-state index in [0.29, 0.717) is 32.4 Å². The second kappa shape index (κ2) is 7.81. The second-order valence-electron chi connectivity index (χ2n) is 6.62. The molecule has 0 aromatic heterocycles. The van der Waals surface area contributed by atoms with Gasteiger partial charge in [-0.3, -0.25) is 24.1 Å². The van der Waals surface area contributed by atoms with Gasteiger partial charge in [0.1, 0.15) is 12.1 Å². The van der Waals surface area contributed by atoms with Gasteiger partial charge in [0.15, 0.2) is 0 Å². The molecule has 2 unspecified atom stereocenters. The Morgan fingerprint density at radius 2 is 2.08 bits per heavy atom. The van der Waals surface area contributed by atoms with Crippen LogP contribution in [0.2, 0.25) is 0 Å². The molecule has 3 atom stereocenters. The predicted molar refractivity (Wildman–Crippen MR) is 87.7 cm³/mol. The molecule has 0 radical (unpaired) electrons. The van der Waals surface area contributed by atoms with Crippen molar-refractivity contribution >= 4 is 23.8 Å². The topological polar surface area (TPSA) is 113 Å². The molecule has 9 nitrogen and oxygen atoms in total. The molecule has 140 valence electrons. The smallest absolute Gasteiger partial charge is 0.351 e. The fourth-order valence-corrected chi connectivity index (χ4v) is 3.49. The Morgan fingerprint density at radius 1 is 1.40 bits per heavy atom. The van der Waals surface area contributed by atoms with Crippen molar-refractivity contribution in [3.63, 3.8) is 0 Å². The zero-order valence-electron chi connectivity index (χ0n) is 14.9. The van der Waals surface area contributed by atoms with E-state index in [1.807, 2.05) is 6.92 Å². The summed E-state index contributed by atoms with van der Waals surface area (Å²) in [6, 6.07) is -2.23. The maximum absolute atomic E-state index is 12.9. The molecule has 2 heterocycles. The zero-order chi connectivity index (χ0) is 18.7. The third kappa shape index (κ3) is 3.76. The fraction of sp³-hybridized carbons (Fsp3) is 0.750. The summed E-state index contributed by atoms with van der Waals surface area (Å²) in [5.74, 6) is -1.15. The van der Waals surface area contributed by atoms with Crippen LogP contribution < -0.4 is 5.73 Å². The Balaban J connectivity index is 2.18.